The Hall–Kier alpha value is -2.24. The van der Waals surface area contributed by atoms with Crippen molar-refractivity contribution in [3.8, 4) is 5.75 Å². The van der Waals surface area contributed by atoms with Crippen molar-refractivity contribution < 1.29 is 9.53 Å². The minimum Gasteiger partial charge on any atom is -0.495 e. The SMILES string of the molecule is COc1ccc(/C=C2/SC(=Nc3cccc(C)c3C)NC2=O)cc1Cl. The fourth-order valence-corrected chi connectivity index (χ4v) is 3.47. The maximum Gasteiger partial charge on any atom is 0.264 e. The second-order valence-electron chi connectivity index (χ2n) is 5.59. The summed E-state index contributed by atoms with van der Waals surface area (Å²) in [5, 5.41) is 3.88. The fraction of sp³-hybridized carbons (Fsp3) is 0.158. The van der Waals surface area contributed by atoms with E-state index in [1.807, 2.05) is 38.1 Å². The zero-order valence-electron chi connectivity index (χ0n) is 14.1. The zero-order valence-corrected chi connectivity index (χ0v) is 15.7. The van der Waals surface area contributed by atoms with Crippen molar-refractivity contribution in [1.82, 2.24) is 5.32 Å². The number of aryl methyl sites for hydroxylation is 1. The number of nitrogens with zero attached hydrogens (tertiary/aromatic N) is 1. The molecule has 1 aliphatic rings. The molecule has 6 heteroatoms. The van der Waals surface area contributed by atoms with Gasteiger partial charge in [0.2, 0.25) is 0 Å². The molecule has 0 radical (unpaired) electrons. The molecule has 0 aliphatic carbocycles. The standard InChI is InChI=1S/C19H17ClN2O2S/c1-11-5-4-6-15(12(11)2)21-19-22-18(23)17(25-19)10-13-7-8-16(24-3)14(20)9-13/h4-10H,1-3H3,(H,21,22,23)/b17-10+. The van der Waals surface area contributed by atoms with Gasteiger partial charge >= 0.3 is 0 Å². The first kappa shape index (κ1) is 17.6. The monoisotopic (exact) mass is 372 g/mol. The lowest BCUT2D eigenvalue weighted by atomic mass is 10.1. The Morgan fingerprint density at radius 3 is 2.76 bits per heavy atom. The zero-order chi connectivity index (χ0) is 18.0. The van der Waals surface area contributed by atoms with Gasteiger partial charge in [-0.1, -0.05) is 29.8 Å². The first-order valence-corrected chi connectivity index (χ1v) is 8.86. The Bertz CT molecular complexity index is 906. The number of hydrogen-bond acceptors (Lipinski definition) is 4. The maximum atomic E-state index is 12.2. The van der Waals surface area contributed by atoms with Crippen molar-refractivity contribution in [3.63, 3.8) is 0 Å². The molecule has 1 saturated heterocycles. The number of amidine groups is 1. The Kier molecular flexibility index (Phi) is 5.16. The van der Waals surface area contributed by atoms with Gasteiger partial charge in [0.25, 0.3) is 5.91 Å². The van der Waals surface area contributed by atoms with E-state index in [1.54, 1.807) is 25.3 Å². The van der Waals surface area contributed by atoms with Gasteiger partial charge in [-0.05, 0) is 66.6 Å². The summed E-state index contributed by atoms with van der Waals surface area (Å²) in [6, 6.07) is 11.3. The van der Waals surface area contributed by atoms with E-state index in [0.29, 0.717) is 20.8 Å². The number of nitrogens with one attached hydrogen (secondary N) is 1. The first-order chi connectivity index (χ1) is 12.0. The number of carbonyl (C=O) groups is 1. The Morgan fingerprint density at radius 2 is 2.04 bits per heavy atom. The number of ether oxygens (including phenoxy) is 1. The lowest BCUT2D eigenvalue weighted by molar-refractivity contribution is -0.115. The van der Waals surface area contributed by atoms with Crippen LogP contribution in [0, 0.1) is 13.8 Å². The van der Waals surface area contributed by atoms with Crippen molar-refractivity contribution >= 4 is 46.2 Å². The van der Waals surface area contributed by atoms with Crippen LogP contribution in [0.3, 0.4) is 0 Å². The number of benzene rings is 2. The average molecular weight is 373 g/mol. The molecular weight excluding hydrogens is 356 g/mol. The quantitative estimate of drug-likeness (QED) is 0.783. The fourth-order valence-electron chi connectivity index (χ4n) is 2.37. The molecule has 1 amide bonds. The minimum atomic E-state index is -0.166. The van der Waals surface area contributed by atoms with Gasteiger partial charge in [0.1, 0.15) is 5.75 Å². The molecule has 1 aliphatic heterocycles. The summed E-state index contributed by atoms with van der Waals surface area (Å²) < 4.78 is 5.14. The topological polar surface area (TPSA) is 50.7 Å². The van der Waals surface area contributed by atoms with Crippen molar-refractivity contribution in [2.24, 2.45) is 4.99 Å². The Balaban J connectivity index is 1.86. The lowest BCUT2D eigenvalue weighted by Crippen LogP contribution is -2.19. The van der Waals surface area contributed by atoms with Crippen LogP contribution in [0.5, 0.6) is 5.75 Å². The summed E-state index contributed by atoms with van der Waals surface area (Å²) >= 11 is 7.45. The summed E-state index contributed by atoms with van der Waals surface area (Å²) in [5.74, 6) is 0.436. The average Bonchev–Trinajstić information content (AvgIpc) is 2.91. The van der Waals surface area contributed by atoms with Crippen molar-refractivity contribution in [2.75, 3.05) is 7.11 Å². The number of rotatable bonds is 3. The molecule has 0 saturated carbocycles. The molecule has 128 valence electrons. The third kappa shape index (κ3) is 3.89. The molecule has 0 atom stereocenters. The van der Waals surface area contributed by atoms with Gasteiger partial charge in [-0.2, -0.15) is 0 Å². The molecule has 0 spiro atoms. The van der Waals surface area contributed by atoms with Crippen LogP contribution >= 0.6 is 23.4 Å². The highest BCUT2D eigenvalue weighted by atomic mass is 35.5. The molecule has 25 heavy (non-hydrogen) atoms. The van der Waals surface area contributed by atoms with E-state index in [4.69, 9.17) is 16.3 Å². The van der Waals surface area contributed by atoms with Gasteiger partial charge in [0.05, 0.1) is 22.7 Å². The number of thioether (sulfide) groups is 1. The van der Waals surface area contributed by atoms with Gasteiger partial charge < -0.3 is 10.1 Å². The van der Waals surface area contributed by atoms with Crippen LogP contribution < -0.4 is 10.1 Å². The number of halogens is 1. The van der Waals surface area contributed by atoms with Crippen LogP contribution in [0.1, 0.15) is 16.7 Å². The predicted octanol–water partition coefficient (Wildman–Crippen LogP) is 4.86. The minimum absolute atomic E-state index is 0.166. The smallest absolute Gasteiger partial charge is 0.264 e. The number of hydrogen-bond donors (Lipinski definition) is 1. The van der Waals surface area contributed by atoms with Crippen molar-refractivity contribution in [1.29, 1.82) is 0 Å². The Labute approximate surface area is 155 Å². The molecular formula is C19H17ClN2O2S. The van der Waals surface area contributed by atoms with Crippen molar-refractivity contribution in [3.05, 3.63) is 63.0 Å². The summed E-state index contributed by atoms with van der Waals surface area (Å²) in [4.78, 5) is 17.3. The van der Waals surface area contributed by atoms with E-state index < -0.39 is 0 Å². The molecule has 0 bridgehead atoms. The summed E-state index contributed by atoms with van der Waals surface area (Å²) in [7, 11) is 1.57. The highest BCUT2D eigenvalue weighted by Gasteiger charge is 2.24. The van der Waals surface area contributed by atoms with Gasteiger partial charge in [-0.3, -0.25) is 4.79 Å². The molecule has 1 fully saturated rings. The molecule has 3 rings (SSSR count). The first-order valence-electron chi connectivity index (χ1n) is 7.67. The van der Waals surface area contributed by atoms with Gasteiger partial charge in [0, 0.05) is 0 Å². The second kappa shape index (κ2) is 7.33. The number of methoxy groups -OCH3 is 1. The van der Waals surface area contributed by atoms with E-state index in [2.05, 4.69) is 10.3 Å². The third-order valence-electron chi connectivity index (χ3n) is 3.92. The summed E-state index contributed by atoms with van der Waals surface area (Å²) in [5.41, 5.74) is 3.96. The van der Waals surface area contributed by atoms with Crippen LogP contribution in [0.15, 0.2) is 46.3 Å². The largest absolute Gasteiger partial charge is 0.495 e. The highest BCUT2D eigenvalue weighted by Crippen LogP contribution is 2.31. The predicted molar refractivity (Wildman–Crippen MR) is 105 cm³/mol. The number of aliphatic imine (C=N–C) groups is 1. The molecule has 0 unspecified atom stereocenters. The van der Waals surface area contributed by atoms with Crippen LogP contribution in [0.4, 0.5) is 5.69 Å². The molecule has 4 nitrogen and oxygen atoms in total. The molecule has 1 heterocycles. The van der Waals surface area contributed by atoms with Gasteiger partial charge in [-0.25, -0.2) is 4.99 Å². The van der Waals surface area contributed by atoms with Crippen LogP contribution in [-0.4, -0.2) is 18.2 Å². The van der Waals surface area contributed by atoms with Crippen LogP contribution in [0.25, 0.3) is 6.08 Å². The summed E-state index contributed by atoms with van der Waals surface area (Å²) in [6.07, 6.45) is 1.79. The van der Waals surface area contributed by atoms with Crippen molar-refractivity contribution in [2.45, 2.75) is 13.8 Å². The van der Waals surface area contributed by atoms with E-state index >= 15 is 0 Å². The van der Waals surface area contributed by atoms with E-state index in [1.165, 1.54) is 17.3 Å². The molecule has 2 aromatic rings. The van der Waals surface area contributed by atoms with Crippen LogP contribution in [0.2, 0.25) is 5.02 Å². The van der Waals surface area contributed by atoms with Gasteiger partial charge in [-0.15, -0.1) is 0 Å². The third-order valence-corrected chi connectivity index (χ3v) is 5.13. The van der Waals surface area contributed by atoms with E-state index in [9.17, 15) is 4.79 Å². The highest BCUT2D eigenvalue weighted by molar-refractivity contribution is 8.18. The normalized spacial score (nSPS) is 17.2. The second-order valence-corrected chi connectivity index (χ2v) is 7.03. The van der Waals surface area contributed by atoms with E-state index in [-0.39, 0.29) is 5.91 Å². The molecule has 1 N–H and O–H groups in total. The molecule has 2 aromatic carbocycles. The maximum absolute atomic E-state index is 12.2. The Morgan fingerprint density at radius 1 is 1.24 bits per heavy atom. The lowest BCUT2D eigenvalue weighted by Gasteiger charge is -2.04. The van der Waals surface area contributed by atoms with E-state index in [0.717, 1.165) is 16.8 Å². The number of amides is 1. The number of carbonyl (C=O) groups excluding carboxylic acids is 1. The molecule has 0 aromatic heterocycles. The summed E-state index contributed by atoms with van der Waals surface area (Å²) in [6.45, 7) is 4.06. The van der Waals surface area contributed by atoms with Crippen LogP contribution in [-0.2, 0) is 4.79 Å². The van der Waals surface area contributed by atoms with Gasteiger partial charge in [0.15, 0.2) is 5.17 Å².